The van der Waals surface area contributed by atoms with Gasteiger partial charge < -0.3 is 11.5 Å². The predicted molar refractivity (Wildman–Crippen MR) is 57.9 cm³/mol. The van der Waals surface area contributed by atoms with E-state index >= 15 is 0 Å². The summed E-state index contributed by atoms with van der Waals surface area (Å²) in [6.07, 6.45) is 3.36. The summed E-state index contributed by atoms with van der Waals surface area (Å²) in [5.74, 6) is 0.187. The van der Waals surface area contributed by atoms with Gasteiger partial charge in [-0.25, -0.2) is 4.99 Å². The van der Waals surface area contributed by atoms with E-state index in [1.165, 1.54) is 17.5 Å². The summed E-state index contributed by atoms with van der Waals surface area (Å²) in [7, 11) is 0. The number of nitrogens with two attached hydrogens (primary N) is 2. The predicted octanol–water partition coefficient (Wildman–Crippen LogP) is 1.34. The Bertz CT molecular complexity index is 353. The Labute approximate surface area is 83.8 Å². The van der Waals surface area contributed by atoms with Crippen molar-refractivity contribution in [3.63, 3.8) is 0 Å². The fourth-order valence-electron chi connectivity index (χ4n) is 2.04. The van der Waals surface area contributed by atoms with E-state index in [4.69, 9.17) is 11.5 Å². The van der Waals surface area contributed by atoms with Crippen LogP contribution in [0.1, 0.15) is 30.0 Å². The largest absolute Gasteiger partial charge is 0.370 e. The van der Waals surface area contributed by atoms with E-state index in [0.717, 1.165) is 12.8 Å². The molecule has 0 bridgehead atoms. The fourth-order valence-corrected chi connectivity index (χ4v) is 2.04. The van der Waals surface area contributed by atoms with Crippen LogP contribution in [0.2, 0.25) is 0 Å². The molecule has 0 aliphatic heterocycles. The first-order chi connectivity index (χ1) is 6.77. The van der Waals surface area contributed by atoms with Gasteiger partial charge in [-0.05, 0) is 30.4 Å². The summed E-state index contributed by atoms with van der Waals surface area (Å²) in [6.45, 7) is 0. The van der Waals surface area contributed by atoms with Gasteiger partial charge in [-0.1, -0.05) is 24.3 Å². The maximum atomic E-state index is 5.41. The second kappa shape index (κ2) is 3.70. The Balaban J connectivity index is 2.35. The highest BCUT2D eigenvalue weighted by molar-refractivity contribution is 5.76. The van der Waals surface area contributed by atoms with E-state index in [1.807, 2.05) is 6.07 Å². The summed E-state index contributed by atoms with van der Waals surface area (Å²) in [6, 6.07) is 8.55. The number of aliphatic imine (C=N–C) groups is 1. The molecule has 1 aromatic rings. The number of aryl methyl sites for hydroxylation is 1. The van der Waals surface area contributed by atoms with Crippen molar-refractivity contribution in [2.24, 2.45) is 16.5 Å². The van der Waals surface area contributed by atoms with Crippen LogP contribution in [0, 0.1) is 0 Å². The molecular weight excluding hydrogens is 174 g/mol. The van der Waals surface area contributed by atoms with Crippen LogP contribution in [0.5, 0.6) is 0 Å². The Morgan fingerprint density at radius 3 is 2.86 bits per heavy atom. The molecule has 0 saturated carbocycles. The van der Waals surface area contributed by atoms with Gasteiger partial charge in [-0.2, -0.15) is 0 Å². The molecule has 0 spiro atoms. The fraction of sp³-hybridized carbons (Fsp3) is 0.364. The highest BCUT2D eigenvalue weighted by Gasteiger charge is 2.18. The minimum absolute atomic E-state index is 0.171. The van der Waals surface area contributed by atoms with Crippen molar-refractivity contribution in [3.05, 3.63) is 35.4 Å². The molecule has 0 aromatic heterocycles. The van der Waals surface area contributed by atoms with Gasteiger partial charge in [0.05, 0.1) is 6.04 Å². The number of rotatable bonds is 1. The van der Waals surface area contributed by atoms with E-state index < -0.39 is 0 Å². The molecular formula is C11H15N3. The average Bonchev–Trinajstić information content (AvgIpc) is 2.18. The Hall–Kier alpha value is -1.51. The zero-order valence-electron chi connectivity index (χ0n) is 8.11. The van der Waals surface area contributed by atoms with Gasteiger partial charge in [0.1, 0.15) is 0 Å². The molecule has 0 saturated heterocycles. The van der Waals surface area contributed by atoms with Gasteiger partial charge in [0.2, 0.25) is 0 Å². The van der Waals surface area contributed by atoms with Crippen LogP contribution >= 0.6 is 0 Å². The summed E-state index contributed by atoms with van der Waals surface area (Å²) >= 11 is 0. The zero-order chi connectivity index (χ0) is 9.97. The molecule has 14 heavy (non-hydrogen) atoms. The van der Waals surface area contributed by atoms with E-state index in [0.29, 0.717) is 0 Å². The number of hydrogen-bond donors (Lipinski definition) is 2. The lowest BCUT2D eigenvalue weighted by atomic mass is 9.88. The number of fused-ring (bicyclic) bond motifs is 1. The molecule has 0 radical (unpaired) electrons. The van der Waals surface area contributed by atoms with Gasteiger partial charge in [-0.3, -0.25) is 0 Å². The first kappa shape index (κ1) is 9.06. The number of guanidine groups is 1. The van der Waals surface area contributed by atoms with Gasteiger partial charge in [-0.15, -0.1) is 0 Å². The monoisotopic (exact) mass is 189 g/mol. The Morgan fingerprint density at radius 1 is 1.29 bits per heavy atom. The van der Waals surface area contributed by atoms with Crippen molar-refractivity contribution in [2.75, 3.05) is 0 Å². The molecule has 2 rings (SSSR count). The Kier molecular flexibility index (Phi) is 2.39. The highest BCUT2D eigenvalue weighted by atomic mass is 15.0. The maximum absolute atomic E-state index is 5.41. The molecule has 74 valence electrons. The second-order valence-corrected chi connectivity index (χ2v) is 3.66. The number of hydrogen-bond acceptors (Lipinski definition) is 1. The second-order valence-electron chi connectivity index (χ2n) is 3.66. The van der Waals surface area contributed by atoms with Gasteiger partial charge in [0, 0.05) is 0 Å². The van der Waals surface area contributed by atoms with Gasteiger partial charge in [0.15, 0.2) is 5.96 Å². The van der Waals surface area contributed by atoms with Crippen molar-refractivity contribution < 1.29 is 0 Å². The summed E-state index contributed by atoms with van der Waals surface area (Å²) in [5, 5.41) is 0. The molecule has 0 amide bonds. The molecule has 4 N–H and O–H groups in total. The van der Waals surface area contributed by atoms with Crippen molar-refractivity contribution >= 4 is 5.96 Å². The number of nitrogens with zero attached hydrogens (tertiary/aromatic N) is 1. The standard InChI is InChI=1S/C11H15N3/c12-11(13)14-10-7-3-5-8-4-1-2-6-9(8)10/h1-2,4,6,10H,3,5,7H2,(H4,12,13,14)/t10-/m1/s1. The molecule has 0 heterocycles. The minimum Gasteiger partial charge on any atom is -0.370 e. The SMILES string of the molecule is NC(N)=N[C@@H]1CCCc2ccccc21. The molecule has 1 aliphatic rings. The lowest BCUT2D eigenvalue weighted by Gasteiger charge is -2.22. The summed E-state index contributed by atoms with van der Waals surface area (Å²) in [5.41, 5.74) is 13.5. The first-order valence-electron chi connectivity index (χ1n) is 4.94. The number of benzene rings is 1. The van der Waals surface area contributed by atoms with Crippen LogP contribution in [0.15, 0.2) is 29.3 Å². The summed E-state index contributed by atoms with van der Waals surface area (Å²) < 4.78 is 0. The third-order valence-corrected chi connectivity index (χ3v) is 2.64. The molecule has 3 nitrogen and oxygen atoms in total. The van der Waals surface area contributed by atoms with E-state index in [9.17, 15) is 0 Å². The van der Waals surface area contributed by atoms with E-state index in [2.05, 4.69) is 23.2 Å². The minimum atomic E-state index is 0.171. The third-order valence-electron chi connectivity index (χ3n) is 2.64. The molecule has 3 heteroatoms. The molecule has 1 aromatic carbocycles. The van der Waals surface area contributed by atoms with Crippen molar-refractivity contribution in [1.29, 1.82) is 0 Å². The average molecular weight is 189 g/mol. The van der Waals surface area contributed by atoms with Crippen LogP contribution in [-0.2, 0) is 6.42 Å². The molecule has 1 aliphatic carbocycles. The lowest BCUT2D eigenvalue weighted by molar-refractivity contribution is 0.572. The van der Waals surface area contributed by atoms with Crippen LogP contribution < -0.4 is 11.5 Å². The maximum Gasteiger partial charge on any atom is 0.186 e. The zero-order valence-corrected chi connectivity index (χ0v) is 8.11. The molecule has 0 fully saturated rings. The molecule has 1 atom stereocenters. The normalized spacial score (nSPS) is 19.9. The summed E-state index contributed by atoms with van der Waals surface area (Å²) in [4.78, 5) is 4.25. The topological polar surface area (TPSA) is 64.4 Å². The van der Waals surface area contributed by atoms with Crippen LogP contribution in [-0.4, -0.2) is 5.96 Å². The quantitative estimate of drug-likeness (QED) is 0.517. The van der Waals surface area contributed by atoms with Crippen molar-refractivity contribution in [1.82, 2.24) is 0 Å². The first-order valence-corrected chi connectivity index (χ1v) is 4.94. The third kappa shape index (κ3) is 1.71. The highest BCUT2D eigenvalue weighted by Crippen LogP contribution is 2.31. The lowest BCUT2D eigenvalue weighted by Crippen LogP contribution is -2.24. The smallest absolute Gasteiger partial charge is 0.186 e. The van der Waals surface area contributed by atoms with E-state index in [-0.39, 0.29) is 12.0 Å². The van der Waals surface area contributed by atoms with E-state index in [1.54, 1.807) is 0 Å². The van der Waals surface area contributed by atoms with Gasteiger partial charge >= 0.3 is 0 Å². The Morgan fingerprint density at radius 2 is 2.07 bits per heavy atom. The van der Waals surface area contributed by atoms with Crippen LogP contribution in [0.3, 0.4) is 0 Å². The van der Waals surface area contributed by atoms with Crippen LogP contribution in [0.4, 0.5) is 0 Å². The van der Waals surface area contributed by atoms with Crippen molar-refractivity contribution in [2.45, 2.75) is 25.3 Å². The van der Waals surface area contributed by atoms with Gasteiger partial charge in [0.25, 0.3) is 0 Å². The van der Waals surface area contributed by atoms with Crippen LogP contribution in [0.25, 0.3) is 0 Å². The van der Waals surface area contributed by atoms with Crippen molar-refractivity contribution in [3.8, 4) is 0 Å². The molecule has 0 unspecified atom stereocenters.